The summed E-state index contributed by atoms with van der Waals surface area (Å²) in [6, 6.07) is 0. The van der Waals surface area contributed by atoms with Gasteiger partial charge in [0.2, 0.25) is 0 Å². The second-order valence-electron chi connectivity index (χ2n) is 5.74. The van der Waals surface area contributed by atoms with Crippen LogP contribution in [0.2, 0.25) is 0 Å². The molecule has 0 spiro atoms. The summed E-state index contributed by atoms with van der Waals surface area (Å²) in [5.41, 5.74) is 0.369. The van der Waals surface area contributed by atoms with Crippen LogP contribution in [0, 0.1) is 5.41 Å². The van der Waals surface area contributed by atoms with Gasteiger partial charge in [0.1, 0.15) is 0 Å². The van der Waals surface area contributed by atoms with Crippen LogP contribution in [-0.4, -0.2) is 25.3 Å². The fourth-order valence-corrected chi connectivity index (χ4v) is 1.27. The average molecular weight is 215 g/mol. The largest absolute Gasteiger partial charge is 0.374 e. The van der Waals surface area contributed by atoms with E-state index in [1.807, 2.05) is 0 Å². The maximum atomic E-state index is 5.99. The number of hydrogen-bond donors (Lipinski definition) is 1. The highest BCUT2D eigenvalue weighted by molar-refractivity contribution is 4.76. The predicted octanol–water partition coefficient (Wildman–Crippen LogP) is 3.22. The Morgan fingerprint density at radius 3 is 2.07 bits per heavy atom. The van der Waals surface area contributed by atoms with E-state index in [1.54, 1.807) is 0 Å². The molecule has 0 heterocycles. The fraction of sp³-hybridized carbons (Fsp3) is 1.00. The van der Waals surface area contributed by atoms with Crippen molar-refractivity contribution in [2.45, 2.75) is 60.0 Å². The minimum absolute atomic E-state index is 0.00125. The molecule has 0 radical (unpaired) electrons. The molecule has 0 aliphatic carbocycles. The minimum Gasteiger partial charge on any atom is -0.374 e. The van der Waals surface area contributed by atoms with Crippen molar-refractivity contribution in [3.05, 3.63) is 0 Å². The molecule has 0 aromatic rings. The number of hydrogen-bond acceptors (Lipinski definition) is 2. The van der Waals surface area contributed by atoms with E-state index in [-0.39, 0.29) is 5.60 Å². The summed E-state index contributed by atoms with van der Waals surface area (Å²) < 4.78 is 5.99. The van der Waals surface area contributed by atoms with Crippen molar-refractivity contribution >= 4 is 0 Å². The van der Waals surface area contributed by atoms with Gasteiger partial charge in [-0.25, -0.2) is 0 Å². The molecular weight excluding hydrogens is 186 g/mol. The smallest absolute Gasteiger partial charge is 0.0775 e. The van der Waals surface area contributed by atoms with Gasteiger partial charge in [0.25, 0.3) is 0 Å². The number of rotatable bonds is 7. The number of nitrogens with one attached hydrogen (secondary N) is 1. The fourth-order valence-electron chi connectivity index (χ4n) is 1.27. The molecule has 0 fully saturated rings. The lowest BCUT2D eigenvalue weighted by Crippen LogP contribution is -2.40. The van der Waals surface area contributed by atoms with E-state index in [1.165, 1.54) is 0 Å². The molecule has 2 heteroatoms. The third kappa shape index (κ3) is 7.80. The molecule has 0 aromatic carbocycles. The third-order valence-corrected chi connectivity index (χ3v) is 2.80. The molecule has 1 unspecified atom stereocenters. The van der Waals surface area contributed by atoms with E-state index in [2.05, 4.69) is 46.9 Å². The van der Waals surface area contributed by atoms with Crippen LogP contribution in [0.5, 0.6) is 0 Å². The Bertz CT molecular complexity index is 162. The van der Waals surface area contributed by atoms with Gasteiger partial charge in [0.15, 0.2) is 0 Å². The lowest BCUT2D eigenvalue weighted by atomic mass is 9.93. The molecule has 0 saturated carbocycles. The second kappa shape index (κ2) is 6.49. The van der Waals surface area contributed by atoms with Crippen molar-refractivity contribution in [2.24, 2.45) is 5.41 Å². The molecule has 0 aliphatic rings. The molecule has 2 nitrogen and oxygen atoms in total. The van der Waals surface area contributed by atoms with Gasteiger partial charge in [-0.2, -0.15) is 0 Å². The Kier molecular flexibility index (Phi) is 6.46. The van der Waals surface area contributed by atoms with Crippen LogP contribution in [-0.2, 0) is 4.74 Å². The zero-order chi connectivity index (χ0) is 11.9. The molecular formula is C13H29NO. The molecule has 0 rings (SSSR count). The van der Waals surface area contributed by atoms with E-state index < -0.39 is 0 Å². The highest BCUT2D eigenvalue weighted by atomic mass is 16.5. The van der Waals surface area contributed by atoms with Gasteiger partial charge in [0.05, 0.1) is 5.60 Å². The van der Waals surface area contributed by atoms with E-state index >= 15 is 0 Å². The molecule has 0 saturated heterocycles. The van der Waals surface area contributed by atoms with Crippen molar-refractivity contribution in [1.82, 2.24) is 5.32 Å². The maximum Gasteiger partial charge on any atom is 0.0775 e. The Balaban J connectivity index is 3.87. The summed E-state index contributed by atoms with van der Waals surface area (Å²) in [7, 11) is 0. The topological polar surface area (TPSA) is 21.3 Å². The SMILES string of the molecule is CCNCC(C)(CC)OCCC(C)(C)C. The first kappa shape index (κ1) is 14.9. The average Bonchev–Trinajstić information content (AvgIpc) is 2.13. The Hall–Kier alpha value is -0.0800. The summed E-state index contributed by atoms with van der Waals surface area (Å²) in [5, 5.41) is 3.36. The first-order chi connectivity index (χ1) is 6.83. The second-order valence-corrected chi connectivity index (χ2v) is 5.74. The Morgan fingerprint density at radius 2 is 1.67 bits per heavy atom. The van der Waals surface area contributed by atoms with Crippen molar-refractivity contribution in [1.29, 1.82) is 0 Å². The van der Waals surface area contributed by atoms with Gasteiger partial charge < -0.3 is 10.1 Å². The third-order valence-electron chi connectivity index (χ3n) is 2.80. The molecule has 0 aromatic heterocycles. The van der Waals surface area contributed by atoms with Crippen LogP contribution in [0.4, 0.5) is 0 Å². The quantitative estimate of drug-likeness (QED) is 0.704. The van der Waals surface area contributed by atoms with Crippen LogP contribution in [0.25, 0.3) is 0 Å². The van der Waals surface area contributed by atoms with E-state index in [4.69, 9.17) is 4.74 Å². The minimum atomic E-state index is 0.00125. The van der Waals surface area contributed by atoms with Gasteiger partial charge in [0, 0.05) is 13.2 Å². The first-order valence-electron chi connectivity index (χ1n) is 6.17. The molecule has 92 valence electrons. The van der Waals surface area contributed by atoms with Gasteiger partial charge in [-0.1, -0.05) is 34.6 Å². The normalized spacial score (nSPS) is 16.4. The van der Waals surface area contributed by atoms with Crippen molar-refractivity contribution < 1.29 is 4.74 Å². The predicted molar refractivity (Wildman–Crippen MR) is 67.3 cm³/mol. The zero-order valence-electron chi connectivity index (χ0n) is 11.4. The van der Waals surface area contributed by atoms with Gasteiger partial charge in [-0.3, -0.25) is 0 Å². The van der Waals surface area contributed by atoms with Gasteiger partial charge in [-0.15, -0.1) is 0 Å². The monoisotopic (exact) mass is 215 g/mol. The van der Waals surface area contributed by atoms with Crippen LogP contribution in [0.3, 0.4) is 0 Å². The summed E-state index contributed by atoms with van der Waals surface area (Å²) in [6.45, 7) is 16.1. The summed E-state index contributed by atoms with van der Waals surface area (Å²) >= 11 is 0. The van der Waals surface area contributed by atoms with E-state index in [0.29, 0.717) is 5.41 Å². The van der Waals surface area contributed by atoms with E-state index in [9.17, 15) is 0 Å². The van der Waals surface area contributed by atoms with Crippen LogP contribution < -0.4 is 5.32 Å². The number of likely N-dealkylation sites (N-methyl/N-ethyl adjacent to an activating group) is 1. The molecule has 0 bridgehead atoms. The Morgan fingerprint density at radius 1 is 1.07 bits per heavy atom. The van der Waals surface area contributed by atoms with Gasteiger partial charge >= 0.3 is 0 Å². The van der Waals surface area contributed by atoms with Gasteiger partial charge in [-0.05, 0) is 31.7 Å². The molecule has 1 N–H and O–H groups in total. The van der Waals surface area contributed by atoms with Crippen molar-refractivity contribution in [2.75, 3.05) is 19.7 Å². The lowest BCUT2D eigenvalue weighted by molar-refractivity contribution is -0.0417. The maximum absolute atomic E-state index is 5.99. The highest BCUT2D eigenvalue weighted by Crippen LogP contribution is 2.21. The summed E-state index contributed by atoms with van der Waals surface area (Å²) in [5.74, 6) is 0. The summed E-state index contributed by atoms with van der Waals surface area (Å²) in [4.78, 5) is 0. The molecule has 0 amide bonds. The molecule has 1 atom stereocenters. The standard InChI is InChI=1S/C13H29NO/c1-7-13(6,11-14-8-2)15-10-9-12(3,4)5/h14H,7-11H2,1-6H3. The van der Waals surface area contributed by atoms with Crippen LogP contribution in [0.1, 0.15) is 54.4 Å². The first-order valence-corrected chi connectivity index (χ1v) is 6.17. The Labute approximate surface area is 95.8 Å². The molecule has 0 aliphatic heterocycles. The summed E-state index contributed by atoms with van der Waals surface area (Å²) in [6.07, 6.45) is 2.18. The van der Waals surface area contributed by atoms with Crippen LogP contribution >= 0.6 is 0 Å². The molecule has 15 heavy (non-hydrogen) atoms. The number of ether oxygens (including phenoxy) is 1. The highest BCUT2D eigenvalue weighted by Gasteiger charge is 2.22. The van der Waals surface area contributed by atoms with E-state index in [0.717, 1.165) is 32.5 Å². The van der Waals surface area contributed by atoms with Crippen molar-refractivity contribution in [3.8, 4) is 0 Å². The lowest BCUT2D eigenvalue weighted by Gasteiger charge is -2.30. The van der Waals surface area contributed by atoms with Crippen molar-refractivity contribution in [3.63, 3.8) is 0 Å². The zero-order valence-corrected chi connectivity index (χ0v) is 11.4. The van der Waals surface area contributed by atoms with Crippen LogP contribution in [0.15, 0.2) is 0 Å².